The third-order valence-electron chi connectivity index (χ3n) is 3.12. The Morgan fingerprint density at radius 2 is 1.63 bits per heavy atom. The van der Waals surface area contributed by atoms with E-state index in [0.717, 1.165) is 16.5 Å². The molecule has 0 amide bonds. The molecule has 0 unspecified atom stereocenters. The van der Waals surface area contributed by atoms with Gasteiger partial charge in [-0.1, -0.05) is 64.5 Å². The van der Waals surface area contributed by atoms with Crippen molar-refractivity contribution in [1.82, 2.24) is 0 Å². The molecule has 0 fully saturated rings. The normalized spacial score (nSPS) is 10.8. The summed E-state index contributed by atoms with van der Waals surface area (Å²) in [5.74, 6) is 0. The molecule has 0 aliphatic heterocycles. The summed E-state index contributed by atoms with van der Waals surface area (Å²) < 4.78 is 5.41. The average Bonchev–Trinajstić information content (AvgIpc) is 2.46. The number of para-hydroxylation sites is 1. The Kier molecular flexibility index (Phi) is 3.22. The monoisotopic (exact) mass is 314 g/mol. The maximum Gasteiger partial charge on any atom is 0.344 e. The number of fused-ring (bicyclic) bond motifs is 1. The van der Waals surface area contributed by atoms with Gasteiger partial charge in [-0.15, -0.1) is 0 Å². The van der Waals surface area contributed by atoms with Crippen LogP contribution in [-0.4, -0.2) is 0 Å². The first-order chi connectivity index (χ1) is 9.31. The molecule has 1 aromatic heterocycles. The molecule has 0 aliphatic rings. The van der Waals surface area contributed by atoms with E-state index < -0.39 is 0 Å². The lowest BCUT2D eigenvalue weighted by molar-refractivity contribution is 0.562. The van der Waals surface area contributed by atoms with Crippen molar-refractivity contribution >= 4 is 26.9 Å². The van der Waals surface area contributed by atoms with Crippen molar-refractivity contribution in [2.45, 2.75) is 5.33 Å². The van der Waals surface area contributed by atoms with Gasteiger partial charge in [0.15, 0.2) is 0 Å². The molecule has 3 heteroatoms. The molecule has 3 aromatic rings. The molecule has 94 valence electrons. The lowest BCUT2D eigenvalue weighted by Crippen LogP contribution is -2.07. The summed E-state index contributed by atoms with van der Waals surface area (Å²) in [6.45, 7) is 0. The Bertz CT molecular complexity index is 776. The van der Waals surface area contributed by atoms with Crippen molar-refractivity contribution in [1.29, 1.82) is 0 Å². The largest absolute Gasteiger partial charge is 0.422 e. The second kappa shape index (κ2) is 5.02. The topological polar surface area (TPSA) is 30.2 Å². The van der Waals surface area contributed by atoms with Gasteiger partial charge in [-0.3, -0.25) is 0 Å². The molecule has 0 saturated heterocycles. The second-order valence-electron chi connectivity index (χ2n) is 4.24. The number of hydrogen-bond acceptors (Lipinski definition) is 2. The zero-order valence-electron chi connectivity index (χ0n) is 10.1. The molecular formula is C16H11BrO2. The van der Waals surface area contributed by atoms with Gasteiger partial charge in [0.25, 0.3) is 0 Å². The van der Waals surface area contributed by atoms with E-state index in [9.17, 15) is 4.79 Å². The summed E-state index contributed by atoms with van der Waals surface area (Å²) in [7, 11) is 0. The van der Waals surface area contributed by atoms with Gasteiger partial charge in [0.1, 0.15) is 5.58 Å². The molecule has 0 saturated carbocycles. The van der Waals surface area contributed by atoms with Crippen LogP contribution in [0, 0.1) is 0 Å². The number of hydrogen-bond donors (Lipinski definition) is 0. The van der Waals surface area contributed by atoms with Crippen LogP contribution in [0.5, 0.6) is 0 Å². The first-order valence-corrected chi connectivity index (χ1v) is 7.09. The maximum atomic E-state index is 12.2. The Morgan fingerprint density at radius 3 is 2.37 bits per heavy atom. The highest BCUT2D eigenvalue weighted by molar-refractivity contribution is 9.08. The van der Waals surface area contributed by atoms with Crippen LogP contribution in [0.3, 0.4) is 0 Å². The SMILES string of the molecule is O=c1oc2ccccc2c(CBr)c1-c1ccccc1. The lowest BCUT2D eigenvalue weighted by atomic mass is 10.00. The third kappa shape index (κ3) is 2.10. The predicted molar refractivity (Wildman–Crippen MR) is 80.6 cm³/mol. The minimum atomic E-state index is -0.292. The van der Waals surface area contributed by atoms with Crippen molar-refractivity contribution in [3.05, 3.63) is 70.6 Å². The van der Waals surface area contributed by atoms with Crippen LogP contribution in [0.15, 0.2) is 63.8 Å². The highest BCUT2D eigenvalue weighted by Gasteiger charge is 2.14. The molecule has 3 rings (SSSR count). The molecule has 0 aliphatic carbocycles. The van der Waals surface area contributed by atoms with E-state index in [4.69, 9.17) is 4.42 Å². The smallest absolute Gasteiger partial charge is 0.344 e. The van der Waals surface area contributed by atoms with E-state index in [1.54, 1.807) is 0 Å². The van der Waals surface area contributed by atoms with Gasteiger partial charge in [-0.05, 0) is 17.2 Å². The van der Waals surface area contributed by atoms with Crippen molar-refractivity contribution in [3.63, 3.8) is 0 Å². The van der Waals surface area contributed by atoms with Crippen LogP contribution >= 0.6 is 15.9 Å². The third-order valence-corrected chi connectivity index (χ3v) is 3.68. The van der Waals surface area contributed by atoms with Crippen LogP contribution in [0.25, 0.3) is 22.1 Å². The van der Waals surface area contributed by atoms with Crippen LogP contribution in [0.1, 0.15) is 5.56 Å². The molecule has 0 bridgehead atoms. The van der Waals surface area contributed by atoms with E-state index >= 15 is 0 Å². The predicted octanol–water partition coefficient (Wildman–Crippen LogP) is 4.35. The lowest BCUT2D eigenvalue weighted by Gasteiger charge is -2.09. The van der Waals surface area contributed by atoms with Crippen molar-refractivity contribution in [2.75, 3.05) is 0 Å². The molecule has 1 heterocycles. The summed E-state index contributed by atoms with van der Waals surface area (Å²) >= 11 is 3.48. The average molecular weight is 315 g/mol. The summed E-state index contributed by atoms with van der Waals surface area (Å²) in [4.78, 5) is 12.2. The van der Waals surface area contributed by atoms with E-state index in [0.29, 0.717) is 16.5 Å². The maximum absolute atomic E-state index is 12.2. The van der Waals surface area contributed by atoms with Crippen molar-refractivity contribution < 1.29 is 4.42 Å². The Morgan fingerprint density at radius 1 is 0.947 bits per heavy atom. The fourth-order valence-corrected chi connectivity index (χ4v) is 2.83. The molecule has 2 aromatic carbocycles. The molecule has 0 spiro atoms. The van der Waals surface area contributed by atoms with Crippen molar-refractivity contribution in [2.24, 2.45) is 0 Å². The quantitative estimate of drug-likeness (QED) is 0.520. The van der Waals surface area contributed by atoms with E-state index in [-0.39, 0.29) is 5.63 Å². The van der Waals surface area contributed by atoms with E-state index in [1.165, 1.54) is 0 Å². The Hall–Kier alpha value is -1.87. The molecule has 0 N–H and O–H groups in total. The van der Waals surface area contributed by atoms with Crippen LogP contribution in [0.4, 0.5) is 0 Å². The van der Waals surface area contributed by atoms with E-state index in [1.807, 2.05) is 54.6 Å². The summed E-state index contributed by atoms with van der Waals surface area (Å²) in [6, 6.07) is 17.2. The van der Waals surface area contributed by atoms with Crippen LogP contribution in [0.2, 0.25) is 0 Å². The first kappa shape index (κ1) is 12.2. The first-order valence-electron chi connectivity index (χ1n) is 5.97. The highest BCUT2D eigenvalue weighted by atomic mass is 79.9. The Labute approximate surface area is 118 Å². The zero-order valence-corrected chi connectivity index (χ0v) is 11.7. The van der Waals surface area contributed by atoms with Gasteiger partial charge in [0.2, 0.25) is 0 Å². The number of rotatable bonds is 2. The summed E-state index contributed by atoms with van der Waals surface area (Å²) in [5, 5.41) is 1.58. The summed E-state index contributed by atoms with van der Waals surface area (Å²) in [5.41, 5.74) is 2.83. The fraction of sp³-hybridized carbons (Fsp3) is 0.0625. The van der Waals surface area contributed by atoms with Crippen LogP contribution in [-0.2, 0) is 5.33 Å². The molecule has 0 atom stereocenters. The van der Waals surface area contributed by atoms with E-state index in [2.05, 4.69) is 15.9 Å². The number of alkyl halides is 1. The van der Waals surface area contributed by atoms with Crippen molar-refractivity contribution in [3.8, 4) is 11.1 Å². The summed E-state index contributed by atoms with van der Waals surface area (Å²) in [6.07, 6.45) is 0. The second-order valence-corrected chi connectivity index (χ2v) is 4.80. The van der Waals surface area contributed by atoms with Crippen LogP contribution < -0.4 is 5.63 Å². The fourth-order valence-electron chi connectivity index (χ4n) is 2.25. The Balaban J connectivity index is 2.42. The van der Waals surface area contributed by atoms with Gasteiger partial charge < -0.3 is 4.42 Å². The minimum Gasteiger partial charge on any atom is -0.422 e. The van der Waals surface area contributed by atoms with Gasteiger partial charge >= 0.3 is 5.63 Å². The molecule has 2 nitrogen and oxygen atoms in total. The highest BCUT2D eigenvalue weighted by Crippen LogP contribution is 2.28. The minimum absolute atomic E-state index is 0.292. The van der Waals surface area contributed by atoms with Gasteiger partial charge in [0.05, 0.1) is 5.56 Å². The molecule has 0 radical (unpaired) electrons. The van der Waals surface area contributed by atoms with Gasteiger partial charge in [0, 0.05) is 10.7 Å². The standard InChI is InChI=1S/C16H11BrO2/c17-10-13-12-8-4-5-9-14(12)19-16(18)15(13)11-6-2-1-3-7-11/h1-9H,10H2. The van der Waals surface area contributed by atoms with Gasteiger partial charge in [-0.25, -0.2) is 4.79 Å². The number of benzene rings is 2. The number of halogens is 1. The molecular weight excluding hydrogens is 304 g/mol. The molecule has 19 heavy (non-hydrogen) atoms. The zero-order chi connectivity index (χ0) is 13.2. The van der Waals surface area contributed by atoms with Gasteiger partial charge in [-0.2, -0.15) is 0 Å².